The smallest absolute Gasteiger partial charge is 0.303 e. The van der Waals surface area contributed by atoms with E-state index in [0.29, 0.717) is 0 Å². The highest BCUT2D eigenvalue weighted by molar-refractivity contribution is 7.99. The van der Waals surface area contributed by atoms with Crippen LogP contribution in [-0.4, -0.2) is 16.4 Å². The average Bonchev–Trinajstić information content (AvgIpc) is 2.47. The van der Waals surface area contributed by atoms with E-state index in [4.69, 9.17) is 4.74 Å². The first-order valence-electron chi connectivity index (χ1n) is 6.61. The van der Waals surface area contributed by atoms with Crippen LogP contribution in [0.4, 0.5) is 0 Å². The fourth-order valence-corrected chi connectivity index (χ4v) is 2.86. The molecule has 21 heavy (non-hydrogen) atoms. The van der Waals surface area contributed by atoms with E-state index < -0.39 is 0 Å². The van der Waals surface area contributed by atoms with Gasteiger partial charge in [-0.05, 0) is 24.1 Å². The first-order valence-corrected chi connectivity index (χ1v) is 7.49. The maximum atomic E-state index is 11.0. The molecule has 0 N–H and O–H groups in total. The van der Waals surface area contributed by atoms with Gasteiger partial charge in [-0.1, -0.05) is 54.7 Å². The summed E-state index contributed by atoms with van der Waals surface area (Å²) in [6.45, 7) is 7.39. The van der Waals surface area contributed by atoms with Crippen molar-refractivity contribution in [2.45, 2.75) is 24.3 Å². The minimum Gasteiger partial charge on any atom is -0.451 e. The first-order chi connectivity index (χ1) is 10.1. The van der Waals surface area contributed by atoms with Crippen LogP contribution in [0.1, 0.15) is 25.0 Å². The highest BCUT2D eigenvalue weighted by Crippen LogP contribution is 2.31. The van der Waals surface area contributed by atoms with Gasteiger partial charge in [0.05, 0.1) is 0 Å². The van der Waals surface area contributed by atoms with Crippen molar-refractivity contribution in [2.24, 2.45) is 0 Å². The van der Waals surface area contributed by atoms with Crippen molar-refractivity contribution >= 4 is 23.3 Å². The molecule has 1 aromatic carbocycles. The Morgan fingerprint density at radius 3 is 2.62 bits per heavy atom. The number of aromatic nitrogens is 1. The van der Waals surface area contributed by atoms with E-state index >= 15 is 0 Å². The number of rotatable bonds is 5. The van der Waals surface area contributed by atoms with Crippen LogP contribution in [-0.2, 0) is 9.53 Å². The number of esters is 1. The van der Waals surface area contributed by atoms with Gasteiger partial charge < -0.3 is 4.74 Å². The Labute approximate surface area is 129 Å². The van der Waals surface area contributed by atoms with Crippen LogP contribution in [0.2, 0.25) is 0 Å². The molecule has 0 fully saturated rings. The molecule has 0 saturated carbocycles. The van der Waals surface area contributed by atoms with E-state index in [-0.39, 0.29) is 11.4 Å². The SMILES string of the molecule is C=C(c1ccccc1)c1cccnc1SC(C)OC(C)=O. The molecule has 0 spiro atoms. The summed E-state index contributed by atoms with van der Waals surface area (Å²) in [5.41, 5.74) is 2.61. The van der Waals surface area contributed by atoms with Gasteiger partial charge in [-0.25, -0.2) is 4.98 Å². The lowest BCUT2D eigenvalue weighted by molar-refractivity contribution is -0.141. The topological polar surface area (TPSA) is 39.2 Å². The molecule has 2 aromatic rings. The Bertz CT molecular complexity index is 640. The molecule has 1 aromatic heterocycles. The van der Waals surface area contributed by atoms with Gasteiger partial charge in [0.2, 0.25) is 0 Å². The quantitative estimate of drug-likeness (QED) is 0.472. The largest absolute Gasteiger partial charge is 0.451 e. The van der Waals surface area contributed by atoms with Gasteiger partial charge in [-0.2, -0.15) is 0 Å². The van der Waals surface area contributed by atoms with Crippen LogP contribution in [0.5, 0.6) is 0 Å². The van der Waals surface area contributed by atoms with E-state index in [1.807, 2.05) is 49.4 Å². The highest BCUT2D eigenvalue weighted by atomic mass is 32.2. The van der Waals surface area contributed by atoms with Crippen molar-refractivity contribution < 1.29 is 9.53 Å². The summed E-state index contributed by atoms with van der Waals surface area (Å²) in [7, 11) is 0. The summed E-state index contributed by atoms with van der Waals surface area (Å²) >= 11 is 1.41. The lowest BCUT2D eigenvalue weighted by Gasteiger charge is -2.14. The molecule has 0 amide bonds. The fourth-order valence-electron chi connectivity index (χ4n) is 1.92. The summed E-state index contributed by atoms with van der Waals surface area (Å²) in [5, 5.41) is 0.806. The van der Waals surface area contributed by atoms with Gasteiger partial charge in [-0.15, -0.1) is 0 Å². The van der Waals surface area contributed by atoms with E-state index in [1.165, 1.54) is 18.7 Å². The molecule has 1 heterocycles. The molecule has 0 radical (unpaired) electrons. The Morgan fingerprint density at radius 1 is 1.24 bits per heavy atom. The predicted molar refractivity (Wildman–Crippen MR) is 85.9 cm³/mol. The van der Waals surface area contributed by atoms with Crippen molar-refractivity contribution in [1.82, 2.24) is 4.98 Å². The number of carbonyl (C=O) groups excluding carboxylic acids is 1. The summed E-state index contributed by atoms with van der Waals surface area (Å²) in [5.74, 6) is -0.297. The van der Waals surface area contributed by atoms with Crippen LogP contribution in [0, 0.1) is 0 Å². The fraction of sp³-hybridized carbons (Fsp3) is 0.176. The second-order valence-corrected chi connectivity index (χ2v) is 5.78. The van der Waals surface area contributed by atoms with Crippen molar-refractivity contribution in [2.75, 3.05) is 0 Å². The van der Waals surface area contributed by atoms with Gasteiger partial charge in [0.25, 0.3) is 0 Å². The van der Waals surface area contributed by atoms with Gasteiger partial charge in [0.1, 0.15) is 5.03 Å². The minimum absolute atomic E-state index is 0.292. The number of hydrogen-bond donors (Lipinski definition) is 0. The molecular formula is C17H17NO2S. The molecular weight excluding hydrogens is 282 g/mol. The molecule has 0 aliphatic carbocycles. The normalized spacial score (nSPS) is 11.7. The second-order valence-electron chi connectivity index (χ2n) is 4.50. The number of nitrogens with zero attached hydrogens (tertiary/aromatic N) is 1. The minimum atomic E-state index is -0.297. The van der Waals surface area contributed by atoms with Gasteiger partial charge in [0, 0.05) is 18.7 Å². The highest BCUT2D eigenvalue weighted by Gasteiger charge is 2.14. The third kappa shape index (κ3) is 4.20. The first kappa shape index (κ1) is 15.3. The number of carbonyl (C=O) groups is 1. The molecule has 3 nitrogen and oxygen atoms in total. The Morgan fingerprint density at radius 2 is 1.95 bits per heavy atom. The van der Waals surface area contributed by atoms with E-state index in [1.54, 1.807) is 6.20 Å². The number of pyridine rings is 1. The zero-order valence-corrected chi connectivity index (χ0v) is 12.9. The monoisotopic (exact) mass is 299 g/mol. The van der Waals surface area contributed by atoms with Crippen molar-refractivity contribution in [3.05, 3.63) is 66.4 Å². The maximum absolute atomic E-state index is 11.0. The van der Waals surface area contributed by atoms with E-state index in [9.17, 15) is 4.79 Å². The van der Waals surface area contributed by atoms with Crippen LogP contribution >= 0.6 is 11.8 Å². The van der Waals surface area contributed by atoms with Crippen LogP contribution < -0.4 is 0 Å². The Hall–Kier alpha value is -2.07. The number of hydrogen-bond acceptors (Lipinski definition) is 4. The van der Waals surface area contributed by atoms with Crippen molar-refractivity contribution in [1.29, 1.82) is 0 Å². The summed E-state index contributed by atoms with van der Waals surface area (Å²) < 4.78 is 5.15. The van der Waals surface area contributed by atoms with Crippen LogP contribution in [0.15, 0.2) is 60.3 Å². The molecule has 0 saturated heterocycles. The molecule has 2 rings (SSSR count). The zero-order valence-electron chi connectivity index (χ0n) is 12.1. The Kier molecular flexibility index (Phi) is 5.17. The number of benzene rings is 1. The Balaban J connectivity index is 2.25. The average molecular weight is 299 g/mol. The summed E-state index contributed by atoms with van der Waals surface area (Å²) in [6, 6.07) is 13.8. The third-order valence-electron chi connectivity index (χ3n) is 2.83. The standard InChI is InChI=1S/C17H17NO2S/c1-12(15-8-5-4-6-9-15)16-10-7-11-18-17(16)21-14(3)20-13(2)19/h4-11,14H,1H2,2-3H3. The summed E-state index contributed by atoms with van der Waals surface area (Å²) in [4.78, 5) is 15.4. The lowest BCUT2D eigenvalue weighted by Crippen LogP contribution is -2.08. The molecule has 0 aliphatic rings. The summed E-state index contributed by atoms with van der Waals surface area (Å²) in [6.07, 6.45) is 1.73. The van der Waals surface area contributed by atoms with E-state index in [0.717, 1.165) is 21.7 Å². The van der Waals surface area contributed by atoms with Gasteiger partial charge in [-0.3, -0.25) is 4.79 Å². The van der Waals surface area contributed by atoms with Gasteiger partial charge in [0.15, 0.2) is 5.44 Å². The molecule has 1 unspecified atom stereocenters. The van der Waals surface area contributed by atoms with Crippen molar-refractivity contribution in [3.63, 3.8) is 0 Å². The zero-order chi connectivity index (χ0) is 15.2. The molecule has 0 bridgehead atoms. The molecule has 1 atom stereocenters. The molecule has 108 valence electrons. The van der Waals surface area contributed by atoms with Crippen LogP contribution in [0.25, 0.3) is 5.57 Å². The number of thioether (sulfide) groups is 1. The third-order valence-corrected chi connectivity index (χ3v) is 3.80. The van der Waals surface area contributed by atoms with E-state index in [2.05, 4.69) is 11.6 Å². The predicted octanol–water partition coefficient (Wildman–Crippen LogP) is 4.14. The van der Waals surface area contributed by atoms with Crippen molar-refractivity contribution in [3.8, 4) is 0 Å². The maximum Gasteiger partial charge on any atom is 0.303 e. The molecule has 0 aliphatic heterocycles. The second kappa shape index (κ2) is 7.09. The number of ether oxygens (including phenoxy) is 1. The van der Waals surface area contributed by atoms with Gasteiger partial charge >= 0.3 is 5.97 Å². The lowest BCUT2D eigenvalue weighted by atomic mass is 10.0. The van der Waals surface area contributed by atoms with Crippen LogP contribution in [0.3, 0.4) is 0 Å². The molecule has 4 heteroatoms.